The van der Waals surface area contributed by atoms with Crippen LogP contribution in [0.3, 0.4) is 0 Å². The lowest BCUT2D eigenvalue weighted by molar-refractivity contribution is 0.560. The van der Waals surface area contributed by atoms with Crippen LogP contribution in [0, 0.1) is 0 Å². The number of imidazole rings is 1. The van der Waals surface area contributed by atoms with Crippen molar-refractivity contribution in [2.75, 3.05) is 0 Å². The topological polar surface area (TPSA) is 22.8 Å². The highest BCUT2D eigenvalue weighted by Crippen LogP contribution is 2.20. The number of aryl methyl sites for hydroxylation is 2. The van der Waals surface area contributed by atoms with Crippen LogP contribution in [0.5, 0.6) is 0 Å². The van der Waals surface area contributed by atoms with E-state index in [1.165, 1.54) is 22.0 Å². The number of fused-ring (bicyclic) bond motifs is 1. The van der Waals surface area contributed by atoms with E-state index in [2.05, 4.69) is 81.0 Å². The number of nitrogens with zero attached hydrogens (tertiary/aromatic N) is 3. The quantitative estimate of drug-likeness (QED) is 0.322. The summed E-state index contributed by atoms with van der Waals surface area (Å²) in [6.07, 6.45) is 14.6. The monoisotopic (exact) mass is 341 g/mol. The highest BCUT2D eigenvalue weighted by molar-refractivity contribution is 5.84. The first-order valence-electron chi connectivity index (χ1n) is 9.16. The summed E-state index contributed by atoms with van der Waals surface area (Å²) >= 11 is 0. The van der Waals surface area contributed by atoms with Crippen LogP contribution in [0.15, 0.2) is 79.5 Å². The van der Waals surface area contributed by atoms with E-state index in [1.807, 2.05) is 24.8 Å². The van der Waals surface area contributed by atoms with Gasteiger partial charge in [0.15, 0.2) is 0 Å². The first-order valence-corrected chi connectivity index (χ1v) is 9.16. The summed E-state index contributed by atoms with van der Waals surface area (Å²) in [7, 11) is 0. The number of aromatic nitrogens is 3. The van der Waals surface area contributed by atoms with Crippen molar-refractivity contribution in [3.8, 4) is 0 Å². The minimum Gasteiger partial charge on any atom is -0.347 e. The minimum atomic E-state index is 1.04. The van der Waals surface area contributed by atoms with E-state index >= 15 is 0 Å². The third kappa shape index (κ3) is 3.94. The van der Waals surface area contributed by atoms with Gasteiger partial charge in [0.05, 0.1) is 6.33 Å². The van der Waals surface area contributed by atoms with Gasteiger partial charge in [-0.05, 0) is 42.2 Å². The molecule has 0 N–H and O–H groups in total. The van der Waals surface area contributed by atoms with Crippen molar-refractivity contribution in [3.63, 3.8) is 0 Å². The van der Waals surface area contributed by atoms with Crippen molar-refractivity contribution in [2.24, 2.45) is 0 Å². The number of unbranched alkanes of at least 4 members (excludes halogenated alkanes) is 1. The molecule has 0 saturated heterocycles. The summed E-state index contributed by atoms with van der Waals surface area (Å²) in [6.45, 7) is 2.09. The van der Waals surface area contributed by atoms with Crippen LogP contribution in [0.4, 0.5) is 0 Å². The largest absolute Gasteiger partial charge is 0.347 e. The fourth-order valence-corrected chi connectivity index (χ4v) is 3.27. The zero-order valence-corrected chi connectivity index (χ0v) is 14.8. The molecule has 130 valence electrons. The Morgan fingerprint density at radius 3 is 2.50 bits per heavy atom. The molecule has 0 atom stereocenters. The van der Waals surface area contributed by atoms with E-state index in [4.69, 9.17) is 0 Å². The lowest BCUT2D eigenvalue weighted by Gasteiger charge is -2.06. The van der Waals surface area contributed by atoms with Crippen molar-refractivity contribution in [3.05, 3.63) is 90.6 Å². The third-order valence-electron chi connectivity index (χ3n) is 4.69. The van der Waals surface area contributed by atoms with E-state index < -0.39 is 0 Å². The maximum Gasteiger partial charge on any atom is 0.0945 e. The molecule has 2 heterocycles. The molecule has 4 aromatic rings. The Morgan fingerprint density at radius 2 is 1.65 bits per heavy atom. The first kappa shape index (κ1) is 16.4. The normalized spacial score (nSPS) is 11.5. The standard InChI is InChI=1S/C23H23N3/c1-2-6-20(7-3-1)8-9-21-10-11-23-22(18-21)12-16-26(23)15-5-4-14-25-17-13-24-19-25/h1-3,6-13,16-19H,4-5,14-15H2/b9-8+. The Hall–Kier alpha value is -3.07. The van der Waals surface area contributed by atoms with Crippen LogP contribution in [0.1, 0.15) is 24.0 Å². The Kier molecular flexibility index (Phi) is 4.97. The molecule has 0 bridgehead atoms. The molecule has 0 spiro atoms. The Bertz CT molecular complexity index is 979. The molecule has 3 nitrogen and oxygen atoms in total. The average molecular weight is 341 g/mol. The van der Waals surface area contributed by atoms with Crippen molar-refractivity contribution >= 4 is 23.1 Å². The van der Waals surface area contributed by atoms with Gasteiger partial charge in [0.1, 0.15) is 0 Å². The molecule has 0 radical (unpaired) electrons. The van der Waals surface area contributed by atoms with Gasteiger partial charge in [-0.15, -0.1) is 0 Å². The summed E-state index contributed by atoms with van der Waals surface area (Å²) in [4.78, 5) is 4.09. The Balaban J connectivity index is 1.39. The third-order valence-corrected chi connectivity index (χ3v) is 4.69. The highest BCUT2D eigenvalue weighted by Gasteiger charge is 2.01. The number of hydrogen-bond acceptors (Lipinski definition) is 1. The molecule has 2 aromatic carbocycles. The second-order valence-corrected chi connectivity index (χ2v) is 6.58. The summed E-state index contributed by atoms with van der Waals surface area (Å²) in [5.41, 5.74) is 3.77. The minimum absolute atomic E-state index is 1.04. The molecule has 0 amide bonds. The van der Waals surface area contributed by atoms with Gasteiger partial charge in [0.25, 0.3) is 0 Å². The summed E-state index contributed by atoms with van der Waals surface area (Å²) in [5.74, 6) is 0. The second kappa shape index (κ2) is 7.87. The zero-order chi connectivity index (χ0) is 17.6. The lowest BCUT2D eigenvalue weighted by atomic mass is 10.1. The fraction of sp³-hybridized carbons (Fsp3) is 0.174. The molecular weight excluding hydrogens is 318 g/mol. The van der Waals surface area contributed by atoms with Gasteiger partial charge in [-0.25, -0.2) is 4.98 Å². The van der Waals surface area contributed by atoms with E-state index in [0.29, 0.717) is 0 Å². The lowest BCUT2D eigenvalue weighted by Crippen LogP contribution is -1.99. The molecule has 0 saturated carbocycles. The first-order chi connectivity index (χ1) is 12.9. The fourth-order valence-electron chi connectivity index (χ4n) is 3.27. The van der Waals surface area contributed by atoms with Gasteiger partial charge in [-0.1, -0.05) is 48.6 Å². The number of hydrogen-bond donors (Lipinski definition) is 0. The van der Waals surface area contributed by atoms with Gasteiger partial charge >= 0.3 is 0 Å². The molecule has 4 rings (SSSR count). The van der Waals surface area contributed by atoms with E-state index in [-0.39, 0.29) is 0 Å². The second-order valence-electron chi connectivity index (χ2n) is 6.58. The van der Waals surface area contributed by atoms with Gasteiger partial charge in [0.2, 0.25) is 0 Å². The molecular formula is C23H23N3. The molecule has 0 fully saturated rings. The Morgan fingerprint density at radius 1 is 0.808 bits per heavy atom. The van der Waals surface area contributed by atoms with Crippen LogP contribution in [-0.2, 0) is 13.1 Å². The SMILES string of the molecule is C(=C\c1ccc2c(ccn2CCCCn2ccnc2)c1)/c1ccccc1. The van der Waals surface area contributed by atoms with Crippen LogP contribution >= 0.6 is 0 Å². The van der Waals surface area contributed by atoms with Crippen molar-refractivity contribution in [1.29, 1.82) is 0 Å². The summed E-state index contributed by atoms with van der Waals surface area (Å²) < 4.78 is 4.49. The van der Waals surface area contributed by atoms with E-state index in [9.17, 15) is 0 Å². The van der Waals surface area contributed by atoms with E-state index in [0.717, 1.165) is 25.9 Å². The van der Waals surface area contributed by atoms with Crippen LogP contribution < -0.4 is 0 Å². The van der Waals surface area contributed by atoms with Crippen LogP contribution in [0.25, 0.3) is 23.1 Å². The van der Waals surface area contributed by atoms with Crippen LogP contribution in [-0.4, -0.2) is 14.1 Å². The van der Waals surface area contributed by atoms with Gasteiger partial charge in [-0.2, -0.15) is 0 Å². The van der Waals surface area contributed by atoms with Gasteiger partial charge in [0, 0.05) is 42.6 Å². The van der Waals surface area contributed by atoms with Gasteiger partial charge < -0.3 is 9.13 Å². The summed E-state index contributed by atoms with van der Waals surface area (Å²) in [6, 6.07) is 19.3. The predicted molar refractivity (Wildman–Crippen MR) is 109 cm³/mol. The molecule has 0 aliphatic rings. The van der Waals surface area contributed by atoms with Gasteiger partial charge in [-0.3, -0.25) is 0 Å². The maximum absolute atomic E-state index is 4.09. The number of rotatable bonds is 7. The average Bonchev–Trinajstić information content (AvgIpc) is 3.34. The van der Waals surface area contributed by atoms with Crippen molar-refractivity contribution < 1.29 is 0 Å². The predicted octanol–water partition coefficient (Wildman–Crippen LogP) is 5.49. The van der Waals surface area contributed by atoms with Crippen molar-refractivity contribution in [2.45, 2.75) is 25.9 Å². The molecule has 3 heteroatoms. The molecule has 0 unspecified atom stereocenters. The molecule has 0 aliphatic carbocycles. The number of benzene rings is 2. The molecule has 26 heavy (non-hydrogen) atoms. The van der Waals surface area contributed by atoms with Crippen molar-refractivity contribution in [1.82, 2.24) is 14.1 Å². The Labute approximate surface area is 154 Å². The zero-order valence-electron chi connectivity index (χ0n) is 14.8. The van der Waals surface area contributed by atoms with Crippen LogP contribution in [0.2, 0.25) is 0 Å². The summed E-state index contributed by atoms with van der Waals surface area (Å²) in [5, 5.41) is 1.30. The highest BCUT2D eigenvalue weighted by atomic mass is 15.0. The molecule has 2 aromatic heterocycles. The van der Waals surface area contributed by atoms with E-state index in [1.54, 1.807) is 0 Å². The molecule has 0 aliphatic heterocycles. The maximum atomic E-state index is 4.09. The smallest absolute Gasteiger partial charge is 0.0945 e.